The Labute approximate surface area is 136 Å². The Hall–Kier alpha value is -0.970. The Kier molecular flexibility index (Phi) is 5.73. The Morgan fingerprint density at radius 1 is 1.19 bits per heavy atom. The Balaban J connectivity index is 0.00000161. The molecule has 2 aliphatic rings. The number of piperazine rings is 1. The Morgan fingerprint density at radius 3 is 2.52 bits per heavy atom. The van der Waals surface area contributed by atoms with Crippen molar-refractivity contribution >= 4 is 35.6 Å². The largest absolute Gasteiger partial charge is 0.367 e. The van der Waals surface area contributed by atoms with Crippen LogP contribution in [-0.4, -0.2) is 49.6 Å². The van der Waals surface area contributed by atoms with E-state index in [0.717, 1.165) is 56.3 Å². The van der Waals surface area contributed by atoms with Gasteiger partial charge in [0.05, 0.1) is 16.8 Å². The van der Waals surface area contributed by atoms with Gasteiger partial charge in [-0.3, -0.25) is 4.79 Å². The lowest BCUT2D eigenvalue weighted by Crippen LogP contribution is -2.53. The van der Waals surface area contributed by atoms with Crippen LogP contribution in [0.1, 0.15) is 12.8 Å². The van der Waals surface area contributed by atoms with Gasteiger partial charge in [0.25, 0.3) is 0 Å². The van der Waals surface area contributed by atoms with E-state index in [4.69, 9.17) is 11.6 Å². The third kappa shape index (κ3) is 3.62. The van der Waals surface area contributed by atoms with Crippen LogP contribution in [0.4, 0.5) is 5.69 Å². The van der Waals surface area contributed by atoms with Gasteiger partial charge in [-0.1, -0.05) is 23.7 Å². The zero-order valence-electron chi connectivity index (χ0n) is 11.9. The number of anilines is 1. The van der Waals surface area contributed by atoms with Gasteiger partial charge in [-0.25, -0.2) is 0 Å². The maximum atomic E-state index is 12.3. The molecule has 3 rings (SSSR count). The van der Waals surface area contributed by atoms with E-state index in [2.05, 4.69) is 10.2 Å². The van der Waals surface area contributed by atoms with Crippen LogP contribution < -0.4 is 10.2 Å². The van der Waals surface area contributed by atoms with Gasteiger partial charge in [0, 0.05) is 26.2 Å². The summed E-state index contributed by atoms with van der Waals surface area (Å²) in [7, 11) is 0. The number of carbonyl (C=O) groups is 1. The molecule has 6 heteroatoms. The molecule has 21 heavy (non-hydrogen) atoms. The molecular formula is C15H21Cl2N3O. The molecule has 4 nitrogen and oxygen atoms in total. The third-order valence-corrected chi connectivity index (χ3v) is 4.46. The molecule has 1 atom stereocenters. The standard InChI is InChI=1S/C15H20ClN3O.ClH/c16-12-4-1-2-6-14(12)18-8-10-19(11-9-18)15(20)13-5-3-7-17-13;/h1-2,4,6,13,17H,3,5,7-11H2;1H. The number of carbonyl (C=O) groups excluding carboxylic acids is 1. The predicted molar refractivity (Wildman–Crippen MR) is 88.5 cm³/mol. The minimum atomic E-state index is 0. The van der Waals surface area contributed by atoms with Crippen molar-refractivity contribution < 1.29 is 4.79 Å². The first kappa shape index (κ1) is 16.4. The second kappa shape index (κ2) is 7.34. The second-order valence-corrected chi connectivity index (χ2v) is 5.82. The maximum Gasteiger partial charge on any atom is 0.239 e. The summed E-state index contributed by atoms with van der Waals surface area (Å²) in [5, 5.41) is 4.06. The molecule has 0 spiro atoms. The zero-order valence-corrected chi connectivity index (χ0v) is 13.5. The van der Waals surface area contributed by atoms with Crippen molar-refractivity contribution in [2.24, 2.45) is 0 Å². The fraction of sp³-hybridized carbons (Fsp3) is 0.533. The lowest BCUT2D eigenvalue weighted by atomic mass is 10.1. The van der Waals surface area contributed by atoms with Crippen molar-refractivity contribution in [3.8, 4) is 0 Å². The second-order valence-electron chi connectivity index (χ2n) is 5.41. The monoisotopic (exact) mass is 329 g/mol. The molecule has 116 valence electrons. The highest BCUT2D eigenvalue weighted by Crippen LogP contribution is 2.26. The van der Waals surface area contributed by atoms with Crippen molar-refractivity contribution in [3.63, 3.8) is 0 Å². The number of hydrogen-bond donors (Lipinski definition) is 1. The number of nitrogens with one attached hydrogen (secondary N) is 1. The highest BCUT2D eigenvalue weighted by Gasteiger charge is 2.29. The molecule has 0 aromatic heterocycles. The van der Waals surface area contributed by atoms with Gasteiger partial charge >= 0.3 is 0 Å². The van der Waals surface area contributed by atoms with E-state index in [1.165, 1.54) is 0 Å². The average Bonchev–Trinajstić information content (AvgIpc) is 3.01. The molecule has 0 aliphatic carbocycles. The predicted octanol–water partition coefficient (Wildman–Crippen LogP) is 2.16. The van der Waals surface area contributed by atoms with Gasteiger partial charge in [0.2, 0.25) is 5.91 Å². The average molecular weight is 330 g/mol. The van der Waals surface area contributed by atoms with Crippen LogP contribution in [-0.2, 0) is 4.79 Å². The minimum absolute atomic E-state index is 0. The molecular weight excluding hydrogens is 309 g/mol. The number of benzene rings is 1. The van der Waals surface area contributed by atoms with E-state index in [9.17, 15) is 4.79 Å². The minimum Gasteiger partial charge on any atom is -0.367 e. The summed E-state index contributed by atoms with van der Waals surface area (Å²) < 4.78 is 0. The molecule has 1 N–H and O–H groups in total. The molecule has 2 fully saturated rings. The van der Waals surface area contributed by atoms with Gasteiger partial charge in [0.15, 0.2) is 0 Å². The van der Waals surface area contributed by atoms with Crippen molar-refractivity contribution in [2.45, 2.75) is 18.9 Å². The summed E-state index contributed by atoms with van der Waals surface area (Å²) in [6, 6.07) is 7.94. The normalized spacial score (nSPS) is 22.0. The van der Waals surface area contributed by atoms with Crippen LogP contribution >= 0.6 is 24.0 Å². The lowest BCUT2D eigenvalue weighted by Gasteiger charge is -2.37. The molecule has 0 bridgehead atoms. The van der Waals surface area contributed by atoms with E-state index in [1.807, 2.05) is 29.2 Å². The maximum absolute atomic E-state index is 12.3. The first-order chi connectivity index (χ1) is 9.75. The molecule has 0 saturated carbocycles. The van der Waals surface area contributed by atoms with E-state index in [1.54, 1.807) is 0 Å². The summed E-state index contributed by atoms with van der Waals surface area (Å²) in [5.74, 6) is 0.265. The van der Waals surface area contributed by atoms with E-state index < -0.39 is 0 Å². The topological polar surface area (TPSA) is 35.6 Å². The van der Waals surface area contributed by atoms with Crippen LogP contribution in [0.25, 0.3) is 0 Å². The lowest BCUT2D eigenvalue weighted by molar-refractivity contribution is -0.133. The van der Waals surface area contributed by atoms with Crippen molar-refractivity contribution in [3.05, 3.63) is 29.3 Å². The quantitative estimate of drug-likeness (QED) is 0.903. The summed E-state index contributed by atoms with van der Waals surface area (Å²) >= 11 is 6.23. The number of rotatable bonds is 2. The van der Waals surface area contributed by atoms with E-state index in [0.29, 0.717) is 0 Å². The highest BCUT2D eigenvalue weighted by atomic mass is 35.5. The van der Waals surface area contributed by atoms with Crippen LogP contribution in [0, 0.1) is 0 Å². The number of nitrogens with zero attached hydrogens (tertiary/aromatic N) is 2. The third-order valence-electron chi connectivity index (χ3n) is 4.14. The molecule has 1 aromatic carbocycles. The molecule has 1 aromatic rings. The molecule has 2 saturated heterocycles. The summed E-state index contributed by atoms with van der Waals surface area (Å²) in [5.41, 5.74) is 1.07. The van der Waals surface area contributed by atoms with E-state index >= 15 is 0 Å². The number of halogens is 2. The Morgan fingerprint density at radius 2 is 1.90 bits per heavy atom. The van der Waals surface area contributed by atoms with Crippen LogP contribution in [0.2, 0.25) is 5.02 Å². The van der Waals surface area contributed by atoms with Crippen molar-refractivity contribution in [2.75, 3.05) is 37.6 Å². The number of hydrogen-bond acceptors (Lipinski definition) is 3. The molecule has 0 radical (unpaired) electrons. The highest BCUT2D eigenvalue weighted by molar-refractivity contribution is 6.33. The van der Waals surface area contributed by atoms with Crippen molar-refractivity contribution in [1.82, 2.24) is 10.2 Å². The zero-order chi connectivity index (χ0) is 13.9. The SMILES string of the molecule is Cl.O=C(C1CCCN1)N1CCN(c2ccccc2Cl)CC1. The van der Waals surface area contributed by atoms with Crippen LogP contribution in [0.5, 0.6) is 0 Å². The number of para-hydroxylation sites is 1. The molecule has 1 unspecified atom stereocenters. The number of amides is 1. The van der Waals surface area contributed by atoms with Crippen molar-refractivity contribution in [1.29, 1.82) is 0 Å². The summed E-state index contributed by atoms with van der Waals surface area (Å²) in [6.45, 7) is 4.23. The summed E-state index contributed by atoms with van der Waals surface area (Å²) in [4.78, 5) is 16.6. The van der Waals surface area contributed by atoms with Gasteiger partial charge in [0.1, 0.15) is 0 Å². The van der Waals surface area contributed by atoms with Gasteiger partial charge in [-0.2, -0.15) is 0 Å². The first-order valence-electron chi connectivity index (χ1n) is 7.27. The fourth-order valence-corrected chi connectivity index (χ4v) is 3.25. The van der Waals surface area contributed by atoms with Gasteiger partial charge in [-0.05, 0) is 31.5 Å². The summed E-state index contributed by atoms with van der Waals surface area (Å²) in [6.07, 6.45) is 2.08. The van der Waals surface area contributed by atoms with Gasteiger partial charge < -0.3 is 15.1 Å². The van der Waals surface area contributed by atoms with Crippen LogP contribution in [0.15, 0.2) is 24.3 Å². The van der Waals surface area contributed by atoms with E-state index in [-0.39, 0.29) is 24.4 Å². The smallest absolute Gasteiger partial charge is 0.239 e. The fourth-order valence-electron chi connectivity index (χ4n) is 2.99. The molecule has 2 heterocycles. The Bertz CT molecular complexity index is 484. The molecule has 2 aliphatic heterocycles. The molecule has 1 amide bonds. The first-order valence-corrected chi connectivity index (χ1v) is 7.65. The van der Waals surface area contributed by atoms with Crippen LogP contribution in [0.3, 0.4) is 0 Å². The van der Waals surface area contributed by atoms with Gasteiger partial charge in [-0.15, -0.1) is 12.4 Å².